The van der Waals surface area contributed by atoms with Gasteiger partial charge in [-0.15, -0.1) is 0 Å². The third-order valence-electron chi connectivity index (χ3n) is 5.33. The number of fused-ring (bicyclic) bond motifs is 3. The topological polar surface area (TPSA) is 97.9 Å². The molecule has 5 rings (SSSR count). The van der Waals surface area contributed by atoms with Gasteiger partial charge in [0.15, 0.2) is 11.3 Å². The summed E-state index contributed by atoms with van der Waals surface area (Å²) in [6, 6.07) is 13.0. The molecule has 0 aliphatic heterocycles. The lowest BCUT2D eigenvalue weighted by molar-refractivity contribution is -0.110. The van der Waals surface area contributed by atoms with E-state index in [4.69, 9.17) is 4.42 Å². The molecule has 0 aliphatic rings. The van der Waals surface area contributed by atoms with Crippen LogP contribution in [0.4, 0.5) is 10.2 Å². The maximum atomic E-state index is 13.8. The van der Waals surface area contributed by atoms with Crippen LogP contribution in [0.15, 0.2) is 59.3 Å². The average molecular weight is 430 g/mol. The molecule has 3 aromatic heterocycles. The smallest absolute Gasteiger partial charge is 0.251 e. The van der Waals surface area contributed by atoms with Gasteiger partial charge in [0, 0.05) is 19.7 Å². The molecule has 8 nitrogen and oxygen atoms in total. The first-order chi connectivity index (χ1) is 15.6. The van der Waals surface area contributed by atoms with Gasteiger partial charge in [0.25, 0.3) is 5.71 Å². The van der Waals surface area contributed by atoms with Crippen LogP contribution in [0.5, 0.6) is 0 Å². The van der Waals surface area contributed by atoms with Gasteiger partial charge in [-0.1, -0.05) is 24.3 Å². The van der Waals surface area contributed by atoms with Crippen LogP contribution < -0.4 is 10.6 Å². The van der Waals surface area contributed by atoms with Crippen molar-refractivity contribution in [3.63, 3.8) is 0 Å². The second-order valence-electron chi connectivity index (χ2n) is 7.33. The van der Waals surface area contributed by atoms with E-state index in [9.17, 15) is 9.18 Å². The normalized spacial score (nSPS) is 12.2. The fraction of sp³-hybridized carbons (Fsp3) is 0.130. The zero-order valence-electron chi connectivity index (χ0n) is 17.3. The summed E-state index contributed by atoms with van der Waals surface area (Å²) in [5, 5.41) is 5.80. The molecule has 9 heteroatoms. The minimum Gasteiger partial charge on any atom is -0.418 e. The summed E-state index contributed by atoms with van der Waals surface area (Å²) in [6.07, 6.45) is 2.31. The molecule has 0 spiro atoms. The summed E-state index contributed by atoms with van der Waals surface area (Å²) >= 11 is 0. The van der Waals surface area contributed by atoms with Crippen molar-refractivity contribution in [2.45, 2.75) is 6.04 Å². The molecule has 0 bridgehead atoms. The van der Waals surface area contributed by atoms with E-state index in [2.05, 4.69) is 25.6 Å². The molecular weight excluding hydrogens is 411 g/mol. The standard InChI is InChI=1S/C23H19FN6O2/c1-25-21-18-20(30(2)11-26-18)19-23(29-21)32-22(28-19)15-7-3-5-13(9-15)17(27-12-31)14-6-4-8-16(24)10-14/h3-12,17H,1-2H3,(H,25,29)(H,27,31). The quantitative estimate of drug-likeness (QED) is 0.398. The van der Waals surface area contributed by atoms with Crippen LogP contribution in [0.2, 0.25) is 0 Å². The number of carbonyl (C=O) groups excluding carboxylic acids is 1. The van der Waals surface area contributed by atoms with Gasteiger partial charge in [-0.25, -0.2) is 14.4 Å². The first-order valence-corrected chi connectivity index (χ1v) is 9.94. The van der Waals surface area contributed by atoms with Gasteiger partial charge in [0.1, 0.15) is 16.9 Å². The third kappa shape index (κ3) is 3.24. The monoisotopic (exact) mass is 430 g/mol. The molecular formula is C23H19FN6O2. The molecule has 1 amide bonds. The molecule has 0 saturated carbocycles. The number of rotatable bonds is 6. The van der Waals surface area contributed by atoms with Gasteiger partial charge >= 0.3 is 0 Å². The number of oxazole rings is 1. The number of aromatic nitrogens is 4. The summed E-state index contributed by atoms with van der Waals surface area (Å²) in [6.45, 7) is 0. The fourth-order valence-corrected chi connectivity index (χ4v) is 3.87. The number of imidazole rings is 1. The number of aryl methyl sites for hydroxylation is 1. The fourth-order valence-electron chi connectivity index (χ4n) is 3.87. The van der Waals surface area contributed by atoms with Crippen LogP contribution in [0.3, 0.4) is 0 Å². The summed E-state index contributed by atoms with van der Waals surface area (Å²) in [5.74, 6) is 0.613. The molecule has 0 saturated heterocycles. The van der Waals surface area contributed by atoms with E-state index in [0.717, 1.165) is 11.1 Å². The lowest BCUT2D eigenvalue weighted by Gasteiger charge is -2.17. The Hall–Kier alpha value is -4.27. The number of hydrogen-bond donors (Lipinski definition) is 2. The van der Waals surface area contributed by atoms with Crippen molar-refractivity contribution < 1.29 is 13.6 Å². The van der Waals surface area contributed by atoms with E-state index in [1.165, 1.54) is 12.1 Å². The summed E-state index contributed by atoms with van der Waals surface area (Å²) < 4.78 is 21.6. The Morgan fingerprint density at radius 1 is 1.09 bits per heavy atom. The van der Waals surface area contributed by atoms with Crippen LogP contribution in [-0.2, 0) is 11.8 Å². The number of hydrogen-bond acceptors (Lipinski definition) is 6. The van der Waals surface area contributed by atoms with Gasteiger partial charge in [0.2, 0.25) is 12.3 Å². The average Bonchev–Trinajstić information content (AvgIpc) is 3.40. The number of nitrogens with one attached hydrogen (secondary N) is 2. The minimum absolute atomic E-state index is 0.373. The van der Waals surface area contributed by atoms with Gasteiger partial charge in [0.05, 0.1) is 12.4 Å². The van der Waals surface area contributed by atoms with Crippen LogP contribution in [0.25, 0.3) is 33.7 Å². The molecule has 0 radical (unpaired) electrons. The number of anilines is 1. The summed E-state index contributed by atoms with van der Waals surface area (Å²) in [5.41, 5.74) is 4.60. The third-order valence-corrected chi connectivity index (χ3v) is 5.33. The maximum absolute atomic E-state index is 13.8. The van der Waals surface area contributed by atoms with Crippen LogP contribution >= 0.6 is 0 Å². The molecule has 0 aliphatic carbocycles. The number of nitrogens with zero attached hydrogens (tertiary/aromatic N) is 4. The molecule has 32 heavy (non-hydrogen) atoms. The van der Waals surface area contributed by atoms with E-state index in [1.54, 1.807) is 25.5 Å². The van der Waals surface area contributed by atoms with E-state index in [1.807, 2.05) is 35.9 Å². The van der Waals surface area contributed by atoms with Crippen LogP contribution in [0, 0.1) is 5.82 Å². The van der Waals surface area contributed by atoms with E-state index < -0.39 is 6.04 Å². The first kappa shape index (κ1) is 19.7. The number of benzene rings is 2. The molecule has 2 aromatic carbocycles. The number of pyridine rings is 1. The van der Waals surface area contributed by atoms with Gasteiger partial charge < -0.3 is 19.6 Å². The molecule has 2 N–H and O–H groups in total. The minimum atomic E-state index is -0.523. The number of halogens is 1. The highest BCUT2D eigenvalue weighted by Gasteiger charge is 2.20. The SMILES string of the molecule is CNc1nc2oc(-c3cccc(C(NC=O)c4cccc(F)c4)c3)nc2c2c1ncn2C. The Morgan fingerprint density at radius 3 is 2.62 bits per heavy atom. The Bertz CT molecular complexity index is 1460. The highest BCUT2D eigenvalue weighted by Crippen LogP contribution is 2.32. The Balaban J connectivity index is 1.63. The Labute approximate surface area is 182 Å². The molecule has 0 fully saturated rings. The Kier molecular flexibility index (Phi) is 4.78. The number of carbonyl (C=O) groups is 1. The van der Waals surface area contributed by atoms with Crippen molar-refractivity contribution in [3.05, 3.63) is 71.8 Å². The summed E-state index contributed by atoms with van der Waals surface area (Å²) in [7, 11) is 3.66. The molecule has 5 aromatic rings. The molecule has 160 valence electrons. The molecule has 1 atom stereocenters. The Morgan fingerprint density at radius 2 is 1.88 bits per heavy atom. The van der Waals surface area contributed by atoms with Crippen molar-refractivity contribution in [1.82, 2.24) is 24.8 Å². The lowest BCUT2D eigenvalue weighted by Crippen LogP contribution is -2.20. The molecule has 3 heterocycles. The van der Waals surface area contributed by atoms with Crippen molar-refractivity contribution in [3.8, 4) is 11.5 Å². The van der Waals surface area contributed by atoms with Crippen molar-refractivity contribution in [2.75, 3.05) is 12.4 Å². The van der Waals surface area contributed by atoms with Gasteiger partial charge in [-0.2, -0.15) is 4.98 Å². The first-order valence-electron chi connectivity index (χ1n) is 9.94. The zero-order valence-corrected chi connectivity index (χ0v) is 17.3. The van der Waals surface area contributed by atoms with Gasteiger partial charge in [-0.05, 0) is 35.4 Å². The predicted octanol–water partition coefficient (Wildman–Crippen LogP) is 3.79. The van der Waals surface area contributed by atoms with Crippen LogP contribution in [0.1, 0.15) is 17.2 Å². The van der Waals surface area contributed by atoms with Crippen LogP contribution in [-0.4, -0.2) is 33.0 Å². The second kappa shape index (κ2) is 7.77. The number of amides is 1. The van der Waals surface area contributed by atoms with E-state index in [-0.39, 0.29) is 5.82 Å². The maximum Gasteiger partial charge on any atom is 0.251 e. The highest BCUT2D eigenvalue weighted by atomic mass is 19.1. The van der Waals surface area contributed by atoms with Gasteiger partial charge in [-0.3, -0.25) is 4.79 Å². The summed E-state index contributed by atoms with van der Waals surface area (Å²) in [4.78, 5) is 24.9. The van der Waals surface area contributed by atoms with Crippen molar-refractivity contribution >= 4 is 34.5 Å². The predicted molar refractivity (Wildman–Crippen MR) is 119 cm³/mol. The van der Waals surface area contributed by atoms with E-state index >= 15 is 0 Å². The van der Waals surface area contributed by atoms with Crippen molar-refractivity contribution in [1.29, 1.82) is 0 Å². The van der Waals surface area contributed by atoms with Crippen molar-refractivity contribution in [2.24, 2.45) is 7.05 Å². The highest BCUT2D eigenvalue weighted by molar-refractivity contribution is 6.03. The molecule has 1 unspecified atom stereocenters. The lowest BCUT2D eigenvalue weighted by atomic mass is 9.97. The second-order valence-corrected chi connectivity index (χ2v) is 7.33. The largest absolute Gasteiger partial charge is 0.418 e. The zero-order chi connectivity index (χ0) is 22.2. The van der Waals surface area contributed by atoms with E-state index in [0.29, 0.717) is 46.0 Å².